The van der Waals surface area contributed by atoms with Crippen LogP contribution in [0.25, 0.3) is 0 Å². The number of Topliss-reactive ketones (excluding diaryl/α,β-unsaturated/α-hetero) is 1. The zero-order chi connectivity index (χ0) is 15.5. The minimum Gasteiger partial charge on any atom is -0.300 e. The average Bonchev–Trinajstić information content (AvgIpc) is 2.87. The van der Waals surface area contributed by atoms with E-state index in [1.807, 2.05) is 6.07 Å². The van der Waals surface area contributed by atoms with Crippen LogP contribution in [0.5, 0.6) is 0 Å². The zero-order valence-corrected chi connectivity index (χ0v) is 12.8. The molecular weight excluding hydrogens is 288 g/mol. The van der Waals surface area contributed by atoms with Crippen molar-refractivity contribution >= 4 is 15.8 Å². The van der Waals surface area contributed by atoms with E-state index in [-0.39, 0.29) is 24.0 Å². The van der Waals surface area contributed by atoms with Gasteiger partial charge in [-0.3, -0.25) is 4.79 Å². The van der Waals surface area contributed by atoms with Crippen molar-refractivity contribution in [2.75, 3.05) is 6.54 Å². The van der Waals surface area contributed by atoms with Crippen molar-refractivity contribution in [3.05, 3.63) is 35.4 Å². The SMILES string of the molecule is CC(=O)CC1CCCN1S(=O)(=O)Cc1ccc(C#N)cc1. The van der Waals surface area contributed by atoms with Crippen LogP contribution in [0.2, 0.25) is 0 Å². The molecule has 1 fully saturated rings. The van der Waals surface area contributed by atoms with Crippen molar-refractivity contribution in [2.24, 2.45) is 0 Å². The second-order valence-electron chi connectivity index (χ2n) is 5.38. The van der Waals surface area contributed by atoms with Crippen molar-refractivity contribution < 1.29 is 13.2 Å². The first kappa shape index (κ1) is 15.7. The summed E-state index contributed by atoms with van der Waals surface area (Å²) >= 11 is 0. The second kappa shape index (κ2) is 6.37. The summed E-state index contributed by atoms with van der Waals surface area (Å²) in [4.78, 5) is 11.2. The third kappa shape index (κ3) is 3.90. The van der Waals surface area contributed by atoms with E-state index >= 15 is 0 Å². The molecule has 1 heterocycles. The quantitative estimate of drug-likeness (QED) is 0.831. The fraction of sp³-hybridized carbons (Fsp3) is 0.467. The highest BCUT2D eigenvalue weighted by molar-refractivity contribution is 7.88. The first-order valence-corrected chi connectivity index (χ1v) is 8.51. The lowest BCUT2D eigenvalue weighted by molar-refractivity contribution is -0.117. The molecule has 0 saturated carbocycles. The number of nitrogens with zero attached hydrogens (tertiary/aromatic N) is 2. The highest BCUT2D eigenvalue weighted by atomic mass is 32.2. The number of carbonyl (C=O) groups is 1. The smallest absolute Gasteiger partial charge is 0.218 e. The molecule has 1 aliphatic rings. The van der Waals surface area contributed by atoms with Crippen LogP contribution in [0, 0.1) is 11.3 Å². The molecule has 2 rings (SSSR count). The summed E-state index contributed by atoms with van der Waals surface area (Å²) in [6.07, 6.45) is 1.82. The van der Waals surface area contributed by atoms with E-state index in [1.54, 1.807) is 24.3 Å². The predicted octanol–water partition coefficient (Wildman–Crippen LogP) is 1.83. The van der Waals surface area contributed by atoms with Crippen molar-refractivity contribution in [1.29, 1.82) is 5.26 Å². The largest absolute Gasteiger partial charge is 0.300 e. The minimum atomic E-state index is -3.43. The first-order chi connectivity index (χ1) is 9.92. The molecular formula is C15H18N2O3S. The van der Waals surface area contributed by atoms with Gasteiger partial charge in [0.05, 0.1) is 17.4 Å². The molecule has 0 radical (unpaired) electrons. The number of hydrogen-bond acceptors (Lipinski definition) is 4. The van der Waals surface area contributed by atoms with E-state index < -0.39 is 10.0 Å². The van der Waals surface area contributed by atoms with Gasteiger partial charge in [0.2, 0.25) is 10.0 Å². The number of carbonyl (C=O) groups excluding carboxylic acids is 1. The minimum absolute atomic E-state index is 0.0143. The number of benzene rings is 1. The molecule has 0 aromatic heterocycles. The number of sulfonamides is 1. The number of ketones is 1. The maximum Gasteiger partial charge on any atom is 0.218 e. The van der Waals surface area contributed by atoms with Gasteiger partial charge in [-0.25, -0.2) is 8.42 Å². The van der Waals surface area contributed by atoms with Gasteiger partial charge in [0, 0.05) is 19.0 Å². The molecule has 112 valence electrons. The molecule has 6 heteroatoms. The monoisotopic (exact) mass is 306 g/mol. The molecule has 1 aliphatic heterocycles. The van der Waals surface area contributed by atoms with Crippen LogP contribution >= 0.6 is 0 Å². The van der Waals surface area contributed by atoms with Gasteiger partial charge in [0.25, 0.3) is 0 Å². The Bertz CT molecular complexity index is 659. The van der Waals surface area contributed by atoms with Gasteiger partial charge in [-0.05, 0) is 37.5 Å². The van der Waals surface area contributed by atoms with E-state index in [0.29, 0.717) is 17.7 Å². The number of rotatable bonds is 5. The standard InChI is InChI=1S/C15H18N2O3S/c1-12(18)9-15-3-2-8-17(15)21(19,20)11-14-6-4-13(10-16)5-7-14/h4-7,15H,2-3,8-9,11H2,1H3. The van der Waals surface area contributed by atoms with Crippen molar-refractivity contribution in [2.45, 2.75) is 38.0 Å². The molecule has 5 nitrogen and oxygen atoms in total. The third-order valence-corrected chi connectivity index (χ3v) is 5.53. The van der Waals surface area contributed by atoms with Crippen LogP contribution < -0.4 is 0 Å². The maximum atomic E-state index is 12.5. The maximum absolute atomic E-state index is 12.5. The van der Waals surface area contributed by atoms with Crippen molar-refractivity contribution in [3.63, 3.8) is 0 Å². The predicted molar refractivity (Wildman–Crippen MR) is 78.8 cm³/mol. The van der Waals surface area contributed by atoms with E-state index in [4.69, 9.17) is 5.26 Å². The first-order valence-electron chi connectivity index (χ1n) is 6.90. The lowest BCUT2D eigenvalue weighted by atomic mass is 10.1. The normalized spacial score (nSPS) is 19.3. The molecule has 1 saturated heterocycles. The second-order valence-corrected chi connectivity index (χ2v) is 7.30. The molecule has 0 spiro atoms. The highest BCUT2D eigenvalue weighted by Gasteiger charge is 2.34. The van der Waals surface area contributed by atoms with Gasteiger partial charge in [0.1, 0.15) is 5.78 Å². The van der Waals surface area contributed by atoms with Gasteiger partial charge in [-0.2, -0.15) is 9.57 Å². The van der Waals surface area contributed by atoms with Crippen LogP contribution in [0.3, 0.4) is 0 Å². The van der Waals surface area contributed by atoms with Gasteiger partial charge in [-0.1, -0.05) is 12.1 Å². The molecule has 1 aromatic rings. The van der Waals surface area contributed by atoms with Gasteiger partial charge < -0.3 is 0 Å². The molecule has 0 bridgehead atoms. The Morgan fingerprint density at radius 2 is 2.05 bits per heavy atom. The average molecular weight is 306 g/mol. The Kier molecular flexibility index (Phi) is 4.76. The fourth-order valence-electron chi connectivity index (χ4n) is 2.68. The molecule has 1 aromatic carbocycles. The van der Waals surface area contributed by atoms with Crippen molar-refractivity contribution in [1.82, 2.24) is 4.31 Å². The van der Waals surface area contributed by atoms with E-state index in [2.05, 4.69) is 0 Å². The van der Waals surface area contributed by atoms with Gasteiger partial charge in [-0.15, -0.1) is 0 Å². The highest BCUT2D eigenvalue weighted by Crippen LogP contribution is 2.25. The summed E-state index contributed by atoms with van der Waals surface area (Å²) in [5, 5.41) is 8.74. The summed E-state index contributed by atoms with van der Waals surface area (Å²) in [6.45, 7) is 1.97. The Balaban J connectivity index is 2.13. The molecule has 0 amide bonds. The van der Waals surface area contributed by atoms with E-state index in [9.17, 15) is 13.2 Å². The lowest BCUT2D eigenvalue weighted by Crippen LogP contribution is -2.37. The van der Waals surface area contributed by atoms with Crippen LogP contribution in [-0.2, 0) is 20.6 Å². The van der Waals surface area contributed by atoms with Gasteiger partial charge >= 0.3 is 0 Å². The molecule has 21 heavy (non-hydrogen) atoms. The summed E-state index contributed by atoms with van der Waals surface area (Å²) in [5.41, 5.74) is 1.16. The van der Waals surface area contributed by atoms with E-state index in [0.717, 1.165) is 12.8 Å². The summed E-state index contributed by atoms with van der Waals surface area (Å²) in [7, 11) is -3.43. The lowest BCUT2D eigenvalue weighted by Gasteiger charge is -2.23. The van der Waals surface area contributed by atoms with Crippen LogP contribution in [0.4, 0.5) is 0 Å². The number of hydrogen-bond donors (Lipinski definition) is 0. The Morgan fingerprint density at radius 1 is 1.38 bits per heavy atom. The van der Waals surface area contributed by atoms with Crippen LogP contribution in [-0.4, -0.2) is 31.1 Å². The zero-order valence-electron chi connectivity index (χ0n) is 11.9. The third-order valence-electron chi connectivity index (χ3n) is 3.64. The molecule has 0 N–H and O–H groups in total. The molecule has 0 aliphatic carbocycles. The molecule has 1 unspecified atom stereocenters. The summed E-state index contributed by atoms with van der Waals surface area (Å²) in [5.74, 6) is -0.0758. The van der Waals surface area contributed by atoms with Gasteiger partial charge in [0.15, 0.2) is 0 Å². The Hall–Kier alpha value is -1.71. The topological polar surface area (TPSA) is 78.2 Å². The van der Waals surface area contributed by atoms with E-state index in [1.165, 1.54) is 11.2 Å². The summed E-state index contributed by atoms with van der Waals surface area (Å²) in [6, 6.07) is 8.34. The Labute approximate surface area is 125 Å². The van der Waals surface area contributed by atoms with Crippen molar-refractivity contribution in [3.8, 4) is 6.07 Å². The van der Waals surface area contributed by atoms with Crippen LogP contribution in [0.15, 0.2) is 24.3 Å². The van der Waals surface area contributed by atoms with Crippen LogP contribution in [0.1, 0.15) is 37.3 Å². The Morgan fingerprint density at radius 3 is 2.62 bits per heavy atom. The summed E-state index contributed by atoms with van der Waals surface area (Å²) < 4.78 is 26.5. The fourth-order valence-corrected chi connectivity index (χ4v) is 4.50. The number of nitriles is 1. The molecule has 1 atom stereocenters.